The minimum atomic E-state index is -1.45. The van der Waals surface area contributed by atoms with Crippen LogP contribution in [0.1, 0.15) is 35.8 Å². The summed E-state index contributed by atoms with van der Waals surface area (Å²) >= 11 is 1.22. The van der Waals surface area contributed by atoms with Gasteiger partial charge in [-0.2, -0.15) is 0 Å². The molecule has 2 aromatic carbocycles. The molecule has 19 heteroatoms. The first-order valence-corrected chi connectivity index (χ1v) is 15.7. The van der Waals surface area contributed by atoms with Crippen molar-refractivity contribution < 1.29 is 67.5 Å². The van der Waals surface area contributed by atoms with E-state index in [0.717, 1.165) is 19.1 Å². The third-order valence-electron chi connectivity index (χ3n) is 8.12. The first-order chi connectivity index (χ1) is 23.7. The summed E-state index contributed by atoms with van der Waals surface area (Å²) in [7, 11) is 2.05. The normalized spacial score (nSPS) is 22.4. The van der Waals surface area contributed by atoms with Crippen LogP contribution in [0.4, 0.5) is 9.59 Å². The number of fused-ring (bicyclic) bond motifs is 1. The quantitative estimate of drug-likeness (QED) is 0.161. The number of phenols is 1. The van der Waals surface area contributed by atoms with Crippen molar-refractivity contribution in [3.05, 3.63) is 53.6 Å². The lowest BCUT2D eigenvalue weighted by Crippen LogP contribution is -2.71. The number of para-hydroxylation sites is 1. The second kappa shape index (κ2) is 14.1. The molecule has 3 aliphatic rings. The molecule has 4 amide bonds. The fraction of sp³-hybridized carbons (Fsp3) is 0.387. The van der Waals surface area contributed by atoms with E-state index in [1.54, 1.807) is 13.8 Å². The summed E-state index contributed by atoms with van der Waals surface area (Å²) in [6, 6.07) is 4.10. The van der Waals surface area contributed by atoms with Gasteiger partial charge in [0.15, 0.2) is 11.5 Å². The lowest BCUT2D eigenvalue weighted by atomic mass is 9.95. The van der Waals surface area contributed by atoms with Gasteiger partial charge >= 0.3 is 18.3 Å². The summed E-state index contributed by atoms with van der Waals surface area (Å²) in [5, 5.41) is 24.1. The highest BCUT2D eigenvalue weighted by Gasteiger charge is 2.64. The number of methoxy groups -OCH3 is 2. The molecule has 3 heterocycles. The second-order valence-corrected chi connectivity index (χ2v) is 13.4. The van der Waals surface area contributed by atoms with E-state index in [-0.39, 0.29) is 29.2 Å². The molecule has 3 fully saturated rings. The Kier molecular flexibility index (Phi) is 10.1. The number of phenolic OH excluding ortho intramolecular Hbond substituents is 1. The first-order valence-electron chi connectivity index (χ1n) is 14.8. The molecule has 266 valence electrons. The third-order valence-corrected chi connectivity index (χ3v) is 9.69. The molecule has 3 aliphatic heterocycles. The first kappa shape index (κ1) is 35.7. The molecular formula is C31H32N4O14S. The van der Waals surface area contributed by atoms with Crippen molar-refractivity contribution in [2.75, 3.05) is 27.6 Å². The Morgan fingerprint density at radius 2 is 1.66 bits per heavy atom. The van der Waals surface area contributed by atoms with Crippen LogP contribution >= 0.6 is 11.8 Å². The highest BCUT2D eigenvalue weighted by molar-refractivity contribution is 8.01. The smallest absolute Gasteiger partial charge is 0.508 e. The number of β-lactam (4-membered cyclic amide) rings is 1. The zero-order valence-corrected chi connectivity index (χ0v) is 27.8. The van der Waals surface area contributed by atoms with Crippen LogP contribution in [0, 0.1) is 0 Å². The van der Waals surface area contributed by atoms with Crippen LogP contribution in [0.5, 0.6) is 17.2 Å². The molecule has 0 spiro atoms. The predicted octanol–water partition coefficient (Wildman–Crippen LogP) is 0.970. The van der Waals surface area contributed by atoms with E-state index in [4.69, 9.17) is 14.2 Å². The van der Waals surface area contributed by atoms with Crippen molar-refractivity contribution in [3.63, 3.8) is 0 Å². The van der Waals surface area contributed by atoms with Crippen LogP contribution in [-0.2, 0) is 33.4 Å². The number of hydrogen-bond donors (Lipinski definition) is 4. The van der Waals surface area contributed by atoms with E-state index >= 15 is 0 Å². The van der Waals surface area contributed by atoms with Gasteiger partial charge in [-0.1, -0.05) is 18.2 Å². The van der Waals surface area contributed by atoms with Crippen LogP contribution in [-0.4, -0.2) is 118 Å². The van der Waals surface area contributed by atoms with Crippen molar-refractivity contribution in [1.82, 2.24) is 20.4 Å². The maximum Gasteiger partial charge on any atom is 0.513 e. The van der Waals surface area contributed by atoms with Gasteiger partial charge in [0, 0.05) is 4.75 Å². The Morgan fingerprint density at radius 1 is 1.00 bits per heavy atom. The van der Waals surface area contributed by atoms with Gasteiger partial charge in [0.25, 0.3) is 5.91 Å². The minimum Gasteiger partial charge on any atom is -0.508 e. The summed E-state index contributed by atoms with van der Waals surface area (Å²) in [4.78, 5) is 92.3. The number of amides is 4. The highest BCUT2D eigenvalue weighted by Crippen LogP contribution is 2.50. The fourth-order valence-corrected chi connectivity index (χ4v) is 7.35. The average molecular weight is 717 g/mol. The zero-order chi connectivity index (χ0) is 36.5. The summed E-state index contributed by atoms with van der Waals surface area (Å²) < 4.78 is 23.7. The van der Waals surface area contributed by atoms with Gasteiger partial charge in [0.1, 0.15) is 42.0 Å². The number of carbonyl (C=O) groups excluding carboxylic acids is 6. The maximum atomic E-state index is 13.8. The lowest BCUT2D eigenvalue weighted by Gasteiger charge is -2.44. The number of ether oxygens (including phenoxy) is 5. The number of carboxylic acids is 1. The number of carboxylic acid groups (broad SMARTS) is 1. The number of nitrogens with zero attached hydrogens (tertiary/aromatic N) is 2. The largest absolute Gasteiger partial charge is 0.513 e. The van der Waals surface area contributed by atoms with Gasteiger partial charge < -0.3 is 54.3 Å². The van der Waals surface area contributed by atoms with Gasteiger partial charge in [-0.25, -0.2) is 14.4 Å². The molecule has 5 unspecified atom stereocenters. The van der Waals surface area contributed by atoms with Crippen molar-refractivity contribution in [3.8, 4) is 17.2 Å². The van der Waals surface area contributed by atoms with Crippen molar-refractivity contribution in [2.24, 2.45) is 0 Å². The van der Waals surface area contributed by atoms with E-state index in [1.807, 2.05) is 0 Å². The molecule has 4 N–H and O–H groups in total. The predicted molar refractivity (Wildman–Crippen MR) is 168 cm³/mol. The van der Waals surface area contributed by atoms with Crippen LogP contribution in [0.2, 0.25) is 0 Å². The molecule has 18 nitrogen and oxygen atoms in total. The molecule has 0 aliphatic carbocycles. The minimum absolute atomic E-state index is 0.127. The maximum absolute atomic E-state index is 13.8. The Balaban J connectivity index is 1.38. The van der Waals surface area contributed by atoms with E-state index in [0.29, 0.717) is 0 Å². The molecule has 3 saturated heterocycles. The molecular weight excluding hydrogens is 684 g/mol. The third kappa shape index (κ3) is 6.81. The summed E-state index contributed by atoms with van der Waals surface area (Å²) in [5.41, 5.74) is -0.115. The summed E-state index contributed by atoms with van der Waals surface area (Å²) in [6.07, 6.45) is -2.43. The van der Waals surface area contributed by atoms with Gasteiger partial charge in [-0.15, -0.1) is 11.8 Å². The number of nitrogens with one attached hydrogen (secondary N) is 2. The molecule has 5 atom stereocenters. The van der Waals surface area contributed by atoms with Gasteiger partial charge in [-0.05, 0) is 43.7 Å². The average Bonchev–Trinajstić information content (AvgIpc) is 3.67. The monoisotopic (exact) mass is 716 g/mol. The van der Waals surface area contributed by atoms with E-state index in [1.165, 1.54) is 59.1 Å². The Hall–Kier alpha value is -5.56. The van der Waals surface area contributed by atoms with Gasteiger partial charge in [-0.3, -0.25) is 19.2 Å². The number of aliphatic carboxylic acids is 1. The van der Waals surface area contributed by atoms with Crippen molar-refractivity contribution >= 4 is 53.7 Å². The van der Waals surface area contributed by atoms with Crippen LogP contribution < -0.4 is 20.1 Å². The Labute approximate surface area is 287 Å². The number of aromatic hydroxyl groups is 1. The topological polar surface area (TPSA) is 237 Å². The Bertz CT molecular complexity index is 1730. The molecule has 0 radical (unpaired) electrons. The second-order valence-electron chi connectivity index (χ2n) is 11.7. The number of carbonyl (C=O) groups is 7. The van der Waals surface area contributed by atoms with Crippen molar-refractivity contribution in [2.45, 2.75) is 48.1 Å². The van der Waals surface area contributed by atoms with Crippen LogP contribution in [0.3, 0.4) is 0 Å². The number of hydrogen-bond acceptors (Lipinski definition) is 14. The molecule has 0 bridgehead atoms. The summed E-state index contributed by atoms with van der Waals surface area (Å²) in [6.45, 7) is 2.65. The Morgan fingerprint density at radius 3 is 2.30 bits per heavy atom. The van der Waals surface area contributed by atoms with Crippen molar-refractivity contribution in [1.29, 1.82) is 0 Å². The van der Waals surface area contributed by atoms with Gasteiger partial charge in [0.05, 0.1) is 26.4 Å². The highest BCUT2D eigenvalue weighted by atomic mass is 32.2. The molecule has 5 rings (SSSR count). The standard InChI is InChI=1S/C31H32N4O14S/c1-31(2)22(28(41)42)35-26(40)20(27(35)50-31)33-24(38)19(14-8-10-15(36)11-9-14)32-23(37)17-12-47-13-34(17)25(39)16-6-5-7-18(48-29(43)45-3)21(16)49-30(44)46-4/h5-11,17,19-20,22,27,36H,12-13H2,1-4H3,(H,32,37)(H,33,38)(H,41,42). The SMILES string of the molecule is COC(=O)Oc1cccc(C(=O)N2COCC2C(=O)NC(C(=O)NC2C(=O)N3C2SC(C)(C)C3C(=O)O)c2ccc(O)cc2)c1OC(=O)OC. The van der Waals surface area contributed by atoms with E-state index in [2.05, 4.69) is 20.1 Å². The van der Waals surface area contributed by atoms with E-state index in [9.17, 15) is 43.8 Å². The van der Waals surface area contributed by atoms with Gasteiger partial charge in [0.2, 0.25) is 17.7 Å². The summed E-state index contributed by atoms with van der Waals surface area (Å²) in [5.74, 6) is -5.37. The molecule has 50 heavy (non-hydrogen) atoms. The van der Waals surface area contributed by atoms with E-state index < -0.39 is 88.7 Å². The van der Waals surface area contributed by atoms with Crippen LogP contribution in [0.25, 0.3) is 0 Å². The fourth-order valence-electron chi connectivity index (χ4n) is 5.73. The number of benzene rings is 2. The lowest BCUT2D eigenvalue weighted by molar-refractivity contribution is -0.161. The zero-order valence-electron chi connectivity index (χ0n) is 26.9. The number of thioether (sulfide) groups is 1. The molecule has 0 aromatic heterocycles. The molecule has 0 saturated carbocycles. The number of rotatable bonds is 9. The van der Waals surface area contributed by atoms with Crippen LogP contribution in [0.15, 0.2) is 42.5 Å². The molecule has 2 aromatic rings.